The number of nitrogens with two attached hydrogens (primary N) is 1. The Morgan fingerprint density at radius 2 is 2.20 bits per heavy atom. The van der Waals surface area contributed by atoms with Gasteiger partial charge in [0.2, 0.25) is 0 Å². The molecule has 1 aromatic carbocycles. The molecule has 0 amide bonds. The number of sulfonamides is 1. The summed E-state index contributed by atoms with van der Waals surface area (Å²) in [7, 11) is -3.96. The van der Waals surface area contributed by atoms with Gasteiger partial charge in [-0.3, -0.25) is 9.82 Å². The Morgan fingerprint density at radius 1 is 1.50 bits per heavy atom. The SMILES string of the molecule is Cc1[nH]nc(CN)c1S(=O)(=O)Nc1cc(F)ccc1Cl. The van der Waals surface area contributed by atoms with Crippen LogP contribution in [-0.4, -0.2) is 18.6 Å². The molecular formula is C11H12ClFN4O2S. The summed E-state index contributed by atoms with van der Waals surface area (Å²) >= 11 is 5.84. The summed E-state index contributed by atoms with van der Waals surface area (Å²) in [5, 5.41) is 6.44. The number of anilines is 1. The minimum atomic E-state index is -3.96. The van der Waals surface area contributed by atoms with E-state index in [9.17, 15) is 12.8 Å². The number of halogens is 2. The van der Waals surface area contributed by atoms with Crippen molar-refractivity contribution in [3.63, 3.8) is 0 Å². The van der Waals surface area contributed by atoms with Gasteiger partial charge in [0.25, 0.3) is 10.0 Å². The van der Waals surface area contributed by atoms with Crippen molar-refractivity contribution < 1.29 is 12.8 Å². The van der Waals surface area contributed by atoms with E-state index in [0.29, 0.717) is 5.69 Å². The topological polar surface area (TPSA) is 101 Å². The molecule has 0 radical (unpaired) electrons. The Hall–Kier alpha value is -1.64. The molecule has 2 aromatic rings. The van der Waals surface area contributed by atoms with Crippen molar-refractivity contribution >= 4 is 27.3 Å². The predicted molar refractivity (Wildman–Crippen MR) is 73.4 cm³/mol. The Bertz CT molecular complexity index is 745. The summed E-state index contributed by atoms with van der Waals surface area (Å²) in [4.78, 5) is -0.0553. The number of aromatic nitrogens is 2. The first kappa shape index (κ1) is 14.8. The first-order chi connectivity index (χ1) is 9.35. The molecule has 2 rings (SSSR count). The van der Waals surface area contributed by atoms with Crippen molar-refractivity contribution in [3.05, 3.63) is 40.4 Å². The van der Waals surface area contributed by atoms with Crippen molar-refractivity contribution in [2.75, 3.05) is 4.72 Å². The molecule has 0 fully saturated rings. The second-order valence-corrected chi connectivity index (χ2v) is 6.08. The zero-order valence-electron chi connectivity index (χ0n) is 10.4. The third-order valence-electron chi connectivity index (χ3n) is 2.60. The summed E-state index contributed by atoms with van der Waals surface area (Å²) in [6.45, 7) is 1.51. The molecule has 20 heavy (non-hydrogen) atoms. The Kier molecular flexibility index (Phi) is 3.98. The van der Waals surface area contributed by atoms with Gasteiger partial charge in [-0.2, -0.15) is 5.10 Å². The van der Waals surface area contributed by atoms with Gasteiger partial charge in [-0.25, -0.2) is 12.8 Å². The Morgan fingerprint density at radius 3 is 2.85 bits per heavy atom. The number of aromatic amines is 1. The van der Waals surface area contributed by atoms with E-state index in [1.165, 1.54) is 6.07 Å². The normalized spacial score (nSPS) is 11.6. The van der Waals surface area contributed by atoms with Crippen LogP contribution in [-0.2, 0) is 16.6 Å². The molecule has 1 heterocycles. The molecule has 0 atom stereocenters. The number of benzene rings is 1. The molecule has 0 saturated heterocycles. The fraction of sp³-hybridized carbons (Fsp3) is 0.182. The standard InChI is InChI=1S/C11H12ClFN4O2S/c1-6-11(10(5-14)16-15-6)20(18,19)17-9-4-7(13)2-3-8(9)12/h2-4,17H,5,14H2,1H3,(H,15,16). The van der Waals surface area contributed by atoms with Crippen LogP contribution in [0.15, 0.2) is 23.1 Å². The van der Waals surface area contributed by atoms with Crippen LogP contribution in [0.1, 0.15) is 11.4 Å². The molecule has 108 valence electrons. The van der Waals surface area contributed by atoms with Gasteiger partial charge in [0.05, 0.1) is 22.1 Å². The highest BCUT2D eigenvalue weighted by Gasteiger charge is 2.24. The smallest absolute Gasteiger partial charge is 0.265 e. The number of nitrogens with one attached hydrogen (secondary N) is 2. The van der Waals surface area contributed by atoms with Crippen molar-refractivity contribution in [2.45, 2.75) is 18.4 Å². The lowest BCUT2D eigenvalue weighted by molar-refractivity contribution is 0.599. The third kappa shape index (κ3) is 2.77. The maximum absolute atomic E-state index is 13.2. The van der Waals surface area contributed by atoms with E-state index in [2.05, 4.69) is 14.9 Å². The van der Waals surface area contributed by atoms with E-state index in [1.54, 1.807) is 6.92 Å². The fourth-order valence-electron chi connectivity index (χ4n) is 1.74. The first-order valence-electron chi connectivity index (χ1n) is 5.57. The second kappa shape index (κ2) is 5.39. The number of rotatable bonds is 4. The van der Waals surface area contributed by atoms with Crippen LogP contribution in [0.5, 0.6) is 0 Å². The summed E-state index contributed by atoms with van der Waals surface area (Å²) < 4.78 is 40.0. The average molecular weight is 319 g/mol. The first-order valence-corrected chi connectivity index (χ1v) is 7.43. The minimum absolute atomic E-state index is 0.0442. The molecule has 0 aliphatic carbocycles. The van der Waals surface area contributed by atoms with E-state index in [1.807, 2.05) is 0 Å². The van der Waals surface area contributed by atoms with E-state index in [-0.39, 0.29) is 27.8 Å². The summed E-state index contributed by atoms with van der Waals surface area (Å²) in [6, 6.07) is 3.40. The number of aryl methyl sites for hydroxylation is 1. The molecular weight excluding hydrogens is 307 g/mol. The van der Waals surface area contributed by atoms with Crippen LogP contribution >= 0.6 is 11.6 Å². The van der Waals surface area contributed by atoms with Crippen LogP contribution in [0.2, 0.25) is 5.02 Å². The monoisotopic (exact) mass is 318 g/mol. The van der Waals surface area contributed by atoms with Gasteiger partial charge in [0.1, 0.15) is 10.7 Å². The van der Waals surface area contributed by atoms with Gasteiger partial charge < -0.3 is 5.73 Å². The van der Waals surface area contributed by atoms with Gasteiger partial charge in [-0.1, -0.05) is 11.6 Å². The van der Waals surface area contributed by atoms with Crippen LogP contribution < -0.4 is 10.5 Å². The van der Waals surface area contributed by atoms with Crippen LogP contribution in [0, 0.1) is 12.7 Å². The van der Waals surface area contributed by atoms with Crippen molar-refractivity contribution in [2.24, 2.45) is 5.73 Å². The van der Waals surface area contributed by atoms with Crippen LogP contribution in [0.3, 0.4) is 0 Å². The Labute approximate surface area is 120 Å². The Balaban J connectivity index is 2.46. The molecule has 1 aromatic heterocycles. The third-order valence-corrected chi connectivity index (χ3v) is 4.49. The van der Waals surface area contributed by atoms with Crippen molar-refractivity contribution in [1.29, 1.82) is 0 Å². The summed E-state index contributed by atoms with van der Waals surface area (Å²) in [5.41, 5.74) is 5.94. The summed E-state index contributed by atoms with van der Waals surface area (Å²) in [5.74, 6) is -0.602. The largest absolute Gasteiger partial charge is 0.325 e. The number of nitrogens with zero attached hydrogens (tertiary/aromatic N) is 1. The lowest BCUT2D eigenvalue weighted by Gasteiger charge is -2.10. The molecule has 0 unspecified atom stereocenters. The van der Waals surface area contributed by atoms with E-state index >= 15 is 0 Å². The van der Waals surface area contributed by atoms with Gasteiger partial charge in [0.15, 0.2) is 0 Å². The average Bonchev–Trinajstić information content (AvgIpc) is 2.75. The highest BCUT2D eigenvalue weighted by molar-refractivity contribution is 7.92. The molecule has 0 aliphatic rings. The second-order valence-electron chi connectivity index (χ2n) is 4.06. The quantitative estimate of drug-likeness (QED) is 0.799. The molecule has 0 saturated carbocycles. The van der Waals surface area contributed by atoms with E-state index in [0.717, 1.165) is 12.1 Å². The zero-order valence-corrected chi connectivity index (χ0v) is 12.0. The van der Waals surface area contributed by atoms with Gasteiger partial charge in [0, 0.05) is 6.54 Å². The van der Waals surface area contributed by atoms with Gasteiger partial charge >= 0.3 is 0 Å². The lowest BCUT2D eigenvalue weighted by atomic mass is 10.3. The number of hydrogen-bond acceptors (Lipinski definition) is 4. The molecule has 0 spiro atoms. The maximum Gasteiger partial charge on any atom is 0.265 e. The predicted octanol–water partition coefficient (Wildman–Crippen LogP) is 1.77. The highest BCUT2D eigenvalue weighted by atomic mass is 35.5. The minimum Gasteiger partial charge on any atom is -0.325 e. The van der Waals surface area contributed by atoms with Crippen LogP contribution in [0.4, 0.5) is 10.1 Å². The van der Waals surface area contributed by atoms with Crippen LogP contribution in [0.25, 0.3) is 0 Å². The molecule has 6 nitrogen and oxygen atoms in total. The number of hydrogen-bond donors (Lipinski definition) is 3. The van der Waals surface area contributed by atoms with E-state index < -0.39 is 15.8 Å². The maximum atomic E-state index is 13.2. The molecule has 0 bridgehead atoms. The van der Waals surface area contributed by atoms with Gasteiger partial charge in [-0.05, 0) is 25.1 Å². The molecule has 0 aliphatic heterocycles. The fourth-order valence-corrected chi connectivity index (χ4v) is 3.40. The molecule has 4 N–H and O–H groups in total. The highest BCUT2D eigenvalue weighted by Crippen LogP contribution is 2.27. The number of H-pyrrole nitrogens is 1. The lowest BCUT2D eigenvalue weighted by Crippen LogP contribution is -2.16. The van der Waals surface area contributed by atoms with E-state index in [4.69, 9.17) is 17.3 Å². The van der Waals surface area contributed by atoms with Crippen molar-refractivity contribution in [1.82, 2.24) is 10.2 Å². The zero-order chi connectivity index (χ0) is 14.9. The van der Waals surface area contributed by atoms with Gasteiger partial charge in [-0.15, -0.1) is 0 Å². The summed E-state index contributed by atoms with van der Waals surface area (Å²) in [6.07, 6.45) is 0. The molecule has 9 heteroatoms. The van der Waals surface area contributed by atoms with Crippen molar-refractivity contribution in [3.8, 4) is 0 Å².